The van der Waals surface area contributed by atoms with Gasteiger partial charge in [0.2, 0.25) is 0 Å². The molecule has 0 unspecified atom stereocenters. The standard InChI is InChI=1S/C12H16O/c1-9-3-7-11-5-2-6-12(9,11)10(13)4-8-11/h4,8-9H,2-3,5-7H2,1H3/t9-,11+,12-/m1/s1. The first-order valence-electron chi connectivity index (χ1n) is 5.45. The topological polar surface area (TPSA) is 17.1 Å². The lowest BCUT2D eigenvalue weighted by molar-refractivity contribution is -0.127. The fourth-order valence-corrected chi connectivity index (χ4v) is 4.27. The molecular formula is C12H16O. The number of carbonyl (C=O) groups excluding carboxylic acids is 1. The van der Waals surface area contributed by atoms with Crippen LogP contribution in [-0.2, 0) is 4.79 Å². The van der Waals surface area contributed by atoms with Crippen molar-refractivity contribution in [2.45, 2.75) is 39.0 Å². The van der Waals surface area contributed by atoms with Gasteiger partial charge in [0.05, 0.1) is 0 Å². The van der Waals surface area contributed by atoms with Gasteiger partial charge in [-0.25, -0.2) is 0 Å². The van der Waals surface area contributed by atoms with E-state index in [0.717, 1.165) is 6.42 Å². The van der Waals surface area contributed by atoms with Crippen molar-refractivity contribution in [3.8, 4) is 0 Å². The molecule has 0 bridgehead atoms. The minimum absolute atomic E-state index is 0.0625. The maximum atomic E-state index is 12.0. The summed E-state index contributed by atoms with van der Waals surface area (Å²) >= 11 is 0. The van der Waals surface area contributed by atoms with Gasteiger partial charge in [-0.15, -0.1) is 0 Å². The van der Waals surface area contributed by atoms with Crippen LogP contribution in [0.5, 0.6) is 0 Å². The highest BCUT2D eigenvalue weighted by Gasteiger charge is 2.65. The summed E-state index contributed by atoms with van der Waals surface area (Å²) in [4.78, 5) is 12.0. The summed E-state index contributed by atoms with van der Waals surface area (Å²) in [7, 11) is 0. The Morgan fingerprint density at radius 2 is 2.23 bits per heavy atom. The van der Waals surface area contributed by atoms with Gasteiger partial charge in [-0.2, -0.15) is 0 Å². The van der Waals surface area contributed by atoms with Crippen molar-refractivity contribution in [1.82, 2.24) is 0 Å². The quantitative estimate of drug-likeness (QED) is 0.554. The Balaban J connectivity index is 2.19. The van der Waals surface area contributed by atoms with E-state index in [9.17, 15) is 4.79 Å². The summed E-state index contributed by atoms with van der Waals surface area (Å²) in [5, 5.41) is 0. The van der Waals surface area contributed by atoms with E-state index in [-0.39, 0.29) is 5.41 Å². The van der Waals surface area contributed by atoms with Gasteiger partial charge < -0.3 is 0 Å². The maximum Gasteiger partial charge on any atom is 0.162 e. The van der Waals surface area contributed by atoms with E-state index in [1.54, 1.807) is 0 Å². The minimum atomic E-state index is 0.0625. The van der Waals surface area contributed by atoms with Crippen molar-refractivity contribution in [3.05, 3.63) is 12.2 Å². The molecule has 0 N–H and O–H groups in total. The summed E-state index contributed by atoms with van der Waals surface area (Å²) in [6.45, 7) is 2.28. The Morgan fingerprint density at radius 1 is 1.38 bits per heavy atom. The third kappa shape index (κ3) is 0.619. The van der Waals surface area contributed by atoms with Gasteiger partial charge in [0.15, 0.2) is 5.78 Å². The molecule has 0 radical (unpaired) electrons. The van der Waals surface area contributed by atoms with Gasteiger partial charge in [-0.05, 0) is 37.7 Å². The second-order valence-corrected chi connectivity index (χ2v) is 5.12. The highest BCUT2D eigenvalue weighted by atomic mass is 16.1. The van der Waals surface area contributed by atoms with Gasteiger partial charge in [-0.1, -0.05) is 19.4 Å². The molecule has 0 aromatic heterocycles. The molecule has 2 saturated carbocycles. The molecule has 3 aliphatic carbocycles. The Kier molecular flexibility index (Phi) is 1.24. The third-order valence-electron chi connectivity index (χ3n) is 4.94. The second kappa shape index (κ2) is 2.08. The fraction of sp³-hybridized carbons (Fsp3) is 0.750. The van der Waals surface area contributed by atoms with Gasteiger partial charge in [0.25, 0.3) is 0 Å². The van der Waals surface area contributed by atoms with Crippen LogP contribution < -0.4 is 0 Å². The van der Waals surface area contributed by atoms with E-state index in [1.807, 2.05) is 6.08 Å². The number of hydrogen-bond acceptors (Lipinski definition) is 1. The molecule has 1 heteroatoms. The van der Waals surface area contributed by atoms with E-state index in [2.05, 4.69) is 13.0 Å². The van der Waals surface area contributed by atoms with Crippen molar-refractivity contribution in [1.29, 1.82) is 0 Å². The van der Waals surface area contributed by atoms with Crippen LogP contribution in [0.15, 0.2) is 12.2 Å². The summed E-state index contributed by atoms with van der Waals surface area (Å²) in [6.07, 6.45) is 10.3. The van der Waals surface area contributed by atoms with Crippen LogP contribution in [0.2, 0.25) is 0 Å². The van der Waals surface area contributed by atoms with E-state index in [0.29, 0.717) is 17.1 Å². The average Bonchev–Trinajstić information content (AvgIpc) is 2.67. The molecule has 13 heavy (non-hydrogen) atoms. The minimum Gasteiger partial charge on any atom is -0.294 e. The first-order valence-corrected chi connectivity index (χ1v) is 5.45. The Labute approximate surface area is 79.2 Å². The van der Waals surface area contributed by atoms with E-state index in [1.165, 1.54) is 25.7 Å². The first kappa shape index (κ1) is 7.78. The van der Waals surface area contributed by atoms with Crippen molar-refractivity contribution >= 4 is 5.78 Å². The molecule has 3 aliphatic rings. The molecule has 0 aliphatic heterocycles. The van der Waals surface area contributed by atoms with Crippen molar-refractivity contribution < 1.29 is 4.79 Å². The van der Waals surface area contributed by atoms with Crippen LogP contribution in [-0.4, -0.2) is 5.78 Å². The second-order valence-electron chi connectivity index (χ2n) is 5.12. The summed E-state index contributed by atoms with van der Waals surface area (Å²) in [5.41, 5.74) is 0.372. The molecule has 3 rings (SSSR count). The lowest BCUT2D eigenvalue weighted by atomic mass is 9.66. The van der Waals surface area contributed by atoms with Crippen LogP contribution in [0.1, 0.15) is 39.0 Å². The molecule has 70 valence electrons. The molecule has 0 saturated heterocycles. The molecule has 0 spiro atoms. The Hall–Kier alpha value is -0.590. The molecule has 3 atom stereocenters. The van der Waals surface area contributed by atoms with Crippen molar-refractivity contribution in [2.75, 3.05) is 0 Å². The van der Waals surface area contributed by atoms with Crippen molar-refractivity contribution in [2.24, 2.45) is 16.7 Å². The smallest absolute Gasteiger partial charge is 0.162 e. The fourth-order valence-electron chi connectivity index (χ4n) is 4.27. The lowest BCUT2D eigenvalue weighted by Gasteiger charge is -2.35. The number of allylic oxidation sites excluding steroid dienone is 2. The molecule has 0 amide bonds. The number of rotatable bonds is 0. The molecule has 2 fully saturated rings. The third-order valence-corrected chi connectivity index (χ3v) is 4.94. The van der Waals surface area contributed by atoms with Crippen LogP contribution in [0, 0.1) is 16.7 Å². The van der Waals surface area contributed by atoms with E-state index >= 15 is 0 Å². The lowest BCUT2D eigenvalue weighted by Crippen LogP contribution is -2.37. The summed E-state index contributed by atoms with van der Waals surface area (Å²) < 4.78 is 0. The van der Waals surface area contributed by atoms with Crippen LogP contribution >= 0.6 is 0 Å². The van der Waals surface area contributed by atoms with Gasteiger partial charge in [0.1, 0.15) is 0 Å². The van der Waals surface area contributed by atoms with E-state index in [4.69, 9.17) is 0 Å². The number of ketones is 1. The zero-order valence-corrected chi connectivity index (χ0v) is 8.18. The summed E-state index contributed by atoms with van der Waals surface area (Å²) in [6, 6.07) is 0. The molecule has 1 nitrogen and oxygen atoms in total. The predicted molar refractivity (Wildman–Crippen MR) is 51.3 cm³/mol. The van der Waals surface area contributed by atoms with Crippen LogP contribution in [0.3, 0.4) is 0 Å². The molecule has 0 aromatic rings. The number of carbonyl (C=O) groups is 1. The van der Waals surface area contributed by atoms with Gasteiger partial charge >= 0.3 is 0 Å². The normalized spacial score (nSPS) is 52.7. The average molecular weight is 176 g/mol. The van der Waals surface area contributed by atoms with Crippen LogP contribution in [0.4, 0.5) is 0 Å². The van der Waals surface area contributed by atoms with Gasteiger partial charge in [-0.3, -0.25) is 4.79 Å². The molecular weight excluding hydrogens is 160 g/mol. The predicted octanol–water partition coefficient (Wildman–Crippen LogP) is 2.71. The monoisotopic (exact) mass is 176 g/mol. The van der Waals surface area contributed by atoms with Crippen molar-refractivity contribution in [3.63, 3.8) is 0 Å². The zero-order chi connectivity index (χ0) is 9.10. The van der Waals surface area contributed by atoms with Crippen LogP contribution in [0.25, 0.3) is 0 Å². The molecule has 0 aromatic carbocycles. The molecule has 0 heterocycles. The maximum absolute atomic E-state index is 12.0. The summed E-state index contributed by atoms with van der Waals surface area (Å²) in [5.74, 6) is 1.06. The Morgan fingerprint density at radius 3 is 3.00 bits per heavy atom. The number of hydrogen-bond donors (Lipinski definition) is 0. The largest absolute Gasteiger partial charge is 0.294 e. The highest BCUT2D eigenvalue weighted by Crippen LogP contribution is 2.68. The Bertz CT molecular complexity index is 304. The SMILES string of the molecule is C[C@@H]1CC[C@@]23C=CC(=O)[C@@]12CCC3. The first-order chi connectivity index (χ1) is 6.21. The zero-order valence-electron chi connectivity index (χ0n) is 8.18. The highest BCUT2D eigenvalue weighted by molar-refractivity contribution is 5.99. The van der Waals surface area contributed by atoms with E-state index < -0.39 is 0 Å². The van der Waals surface area contributed by atoms with Gasteiger partial charge in [0, 0.05) is 10.8 Å².